The van der Waals surface area contributed by atoms with E-state index in [4.69, 9.17) is 5.73 Å². The average Bonchev–Trinajstić information content (AvgIpc) is 2.39. The van der Waals surface area contributed by atoms with Crippen LogP contribution in [0.2, 0.25) is 0 Å². The maximum atomic E-state index is 6.07. The minimum Gasteiger partial charge on any atom is -0.330 e. The van der Waals surface area contributed by atoms with Gasteiger partial charge in [0.15, 0.2) is 0 Å². The fraction of sp³-hybridized carbons (Fsp3) is 0.571. The molecule has 0 heterocycles. The lowest BCUT2D eigenvalue weighted by Crippen LogP contribution is -2.37. The number of hydrogen-bond acceptors (Lipinski definition) is 2. The summed E-state index contributed by atoms with van der Waals surface area (Å²) in [6.07, 6.45) is 8.60. The van der Waals surface area contributed by atoms with Crippen LogP contribution in [0.15, 0.2) is 27.6 Å². The predicted octanol–water partition coefficient (Wildman–Crippen LogP) is 4.33. The summed E-state index contributed by atoms with van der Waals surface area (Å²) >= 11 is 5.44. The van der Waals surface area contributed by atoms with Gasteiger partial charge in [0, 0.05) is 21.3 Å². The van der Waals surface area contributed by atoms with E-state index in [1.54, 1.807) is 11.8 Å². The van der Waals surface area contributed by atoms with Gasteiger partial charge in [0.25, 0.3) is 0 Å². The summed E-state index contributed by atoms with van der Waals surface area (Å²) in [5.41, 5.74) is 7.72. The maximum Gasteiger partial charge on any atom is 0.0314 e. The first kappa shape index (κ1) is 13.4. The molecule has 2 rings (SSSR count). The van der Waals surface area contributed by atoms with Crippen molar-refractivity contribution in [2.75, 3.05) is 12.8 Å². The van der Waals surface area contributed by atoms with Gasteiger partial charge in [-0.2, -0.15) is 0 Å². The van der Waals surface area contributed by atoms with Crippen molar-refractivity contribution in [3.05, 3.63) is 28.2 Å². The summed E-state index contributed by atoms with van der Waals surface area (Å²) in [6.45, 7) is 0.776. The van der Waals surface area contributed by atoms with Crippen LogP contribution in [-0.2, 0) is 5.41 Å². The van der Waals surface area contributed by atoms with Gasteiger partial charge in [0.2, 0.25) is 0 Å². The molecule has 0 aromatic heterocycles. The number of nitrogens with two attached hydrogens (primary N) is 1. The first-order valence-electron chi connectivity index (χ1n) is 6.26. The molecule has 17 heavy (non-hydrogen) atoms. The quantitative estimate of drug-likeness (QED) is 0.840. The Balaban J connectivity index is 2.33. The lowest BCUT2D eigenvalue weighted by molar-refractivity contribution is 0.300. The van der Waals surface area contributed by atoms with Gasteiger partial charge in [-0.15, -0.1) is 11.8 Å². The second-order valence-corrected chi connectivity index (χ2v) is 6.60. The third-order valence-corrected chi connectivity index (χ3v) is 5.68. The molecule has 2 N–H and O–H groups in total. The van der Waals surface area contributed by atoms with Crippen molar-refractivity contribution in [2.45, 2.75) is 42.4 Å². The largest absolute Gasteiger partial charge is 0.330 e. The number of hydrogen-bond donors (Lipinski definition) is 1. The molecular weight excluding hydrogens is 294 g/mol. The van der Waals surface area contributed by atoms with Crippen LogP contribution in [0.5, 0.6) is 0 Å². The maximum absolute atomic E-state index is 6.07. The van der Waals surface area contributed by atoms with Crippen LogP contribution >= 0.6 is 27.7 Å². The lowest BCUT2D eigenvalue weighted by atomic mass is 9.69. The summed E-state index contributed by atoms with van der Waals surface area (Å²) in [5.74, 6) is 0. The van der Waals surface area contributed by atoms with Crippen molar-refractivity contribution >= 4 is 27.7 Å². The molecule has 1 aliphatic carbocycles. The van der Waals surface area contributed by atoms with Gasteiger partial charge in [-0.3, -0.25) is 0 Å². The molecule has 1 aliphatic rings. The Morgan fingerprint density at radius 3 is 2.53 bits per heavy atom. The zero-order valence-corrected chi connectivity index (χ0v) is 12.7. The molecule has 94 valence electrons. The highest BCUT2D eigenvalue weighted by Gasteiger charge is 2.32. The molecule has 0 saturated heterocycles. The van der Waals surface area contributed by atoms with E-state index >= 15 is 0 Å². The van der Waals surface area contributed by atoms with Gasteiger partial charge in [-0.05, 0) is 52.7 Å². The van der Waals surface area contributed by atoms with Gasteiger partial charge in [-0.1, -0.05) is 25.3 Å². The Morgan fingerprint density at radius 1 is 1.29 bits per heavy atom. The Labute approximate surface area is 117 Å². The zero-order chi connectivity index (χ0) is 12.3. The first-order valence-corrected chi connectivity index (χ1v) is 8.28. The van der Waals surface area contributed by atoms with E-state index in [-0.39, 0.29) is 5.41 Å². The van der Waals surface area contributed by atoms with Crippen molar-refractivity contribution in [2.24, 2.45) is 5.73 Å². The summed E-state index contributed by atoms with van der Waals surface area (Å²) in [5, 5.41) is 0. The normalized spacial score (nSPS) is 19.2. The van der Waals surface area contributed by atoms with Crippen molar-refractivity contribution in [3.8, 4) is 0 Å². The summed E-state index contributed by atoms with van der Waals surface area (Å²) < 4.78 is 1.21. The molecule has 0 radical (unpaired) electrons. The SMILES string of the molecule is CSc1ccc(C2(CN)CCCCC2)cc1Br. The van der Waals surface area contributed by atoms with Crippen LogP contribution in [0.25, 0.3) is 0 Å². The van der Waals surface area contributed by atoms with Gasteiger partial charge in [0.1, 0.15) is 0 Å². The minimum atomic E-state index is 0.234. The summed E-state index contributed by atoms with van der Waals surface area (Å²) in [4.78, 5) is 1.30. The fourth-order valence-electron chi connectivity index (χ4n) is 2.84. The Kier molecular flexibility index (Phi) is 4.56. The van der Waals surface area contributed by atoms with Gasteiger partial charge in [0.05, 0.1) is 0 Å². The lowest BCUT2D eigenvalue weighted by Gasteiger charge is -2.37. The van der Waals surface area contributed by atoms with Crippen LogP contribution in [0.4, 0.5) is 0 Å². The van der Waals surface area contributed by atoms with E-state index in [2.05, 4.69) is 40.4 Å². The Hall–Kier alpha value is 0.01000. The number of thioether (sulfide) groups is 1. The van der Waals surface area contributed by atoms with E-state index in [0.717, 1.165) is 6.54 Å². The van der Waals surface area contributed by atoms with Gasteiger partial charge in [-0.25, -0.2) is 0 Å². The smallest absolute Gasteiger partial charge is 0.0314 e. The average molecular weight is 314 g/mol. The summed E-state index contributed by atoms with van der Waals surface area (Å²) in [7, 11) is 0. The molecule has 1 saturated carbocycles. The topological polar surface area (TPSA) is 26.0 Å². The predicted molar refractivity (Wildman–Crippen MR) is 79.7 cm³/mol. The van der Waals surface area contributed by atoms with Crippen LogP contribution in [0, 0.1) is 0 Å². The van der Waals surface area contributed by atoms with E-state index in [9.17, 15) is 0 Å². The molecule has 3 heteroatoms. The van der Waals surface area contributed by atoms with Crippen molar-refractivity contribution in [1.29, 1.82) is 0 Å². The molecule has 0 unspecified atom stereocenters. The molecule has 0 aliphatic heterocycles. The van der Waals surface area contributed by atoms with Crippen molar-refractivity contribution in [1.82, 2.24) is 0 Å². The molecule has 0 bridgehead atoms. The number of benzene rings is 1. The van der Waals surface area contributed by atoms with Gasteiger partial charge < -0.3 is 5.73 Å². The van der Waals surface area contributed by atoms with Crippen molar-refractivity contribution < 1.29 is 0 Å². The Bertz CT molecular complexity index is 386. The van der Waals surface area contributed by atoms with Crippen LogP contribution in [0.3, 0.4) is 0 Å². The third-order valence-electron chi connectivity index (χ3n) is 3.97. The fourth-order valence-corrected chi connectivity index (χ4v) is 4.16. The van der Waals surface area contributed by atoms with Crippen LogP contribution < -0.4 is 5.73 Å². The van der Waals surface area contributed by atoms with E-state index < -0.39 is 0 Å². The molecule has 0 spiro atoms. The molecule has 0 atom stereocenters. The molecule has 1 nitrogen and oxygen atoms in total. The minimum absolute atomic E-state index is 0.234. The third kappa shape index (κ3) is 2.72. The molecule has 1 aromatic rings. The second-order valence-electron chi connectivity index (χ2n) is 4.89. The second kappa shape index (κ2) is 5.77. The van der Waals surface area contributed by atoms with Gasteiger partial charge >= 0.3 is 0 Å². The van der Waals surface area contributed by atoms with Crippen molar-refractivity contribution in [3.63, 3.8) is 0 Å². The van der Waals surface area contributed by atoms with E-state index in [1.807, 2.05) is 0 Å². The summed E-state index contributed by atoms with van der Waals surface area (Å²) in [6, 6.07) is 6.77. The Morgan fingerprint density at radius 2 is 2.00 bits per heavy atom. The van der Waals surface area contributed by atoms with E-state index in [1.165, 1.54) is 47.0 Å². The van der Waals surface area contributed by atoms with E-state index in [0.29, 0.717) is 0 Å². The van der Waals surface area contributed by atoms with Crippen LogP contribution in [0.1, 0.15) is 37.7 Å². The molecule has 0 amide bonds. The highest BCUT2D eigenvalue weighted by molar-refractivity contribution is 9.10. The molecular formula is C14H20BrNS. The first-order chi connectivity index (χ1) is 8.22. The molecule has 1 fully saturated rings. The highest BCUT2D eigenvalue weighted by Crippen LogP contribution is 2.40. The van der Waals surface area contributed by atoms with Crippen LogP contribution in [-0.4, -0.2) is 12.8 Å². The number of halogens is 1. The monoisotopic (exact) mass is 313 g/mol. The molecule has 1 aromatic carbocycles. The standard InChI is InChI=1S/C14H20BrNS/c1-17-13-6-5-11(9-12(13)15)14(10-16)7-3-2-4-8-14/h5-6,9H,2-4,7-8,10,16H2,1H3. The highest BCUT2D eigenvalue weighted by atomic mass is 79.9. The zero-order valence-electron chi connectivity index (χ0n) is 10.3. The number of rotatable bonds is 3.